The fourth-order valence-electron chi connectivity index (χ4n) is 1.64. The molecule has 0 fully saturated rings. The molecule has 0 aromatic heterocycles. The van der Waals surface area contributed by atoms with Crippen molar-refractivity contribution in [3.8, 4) is 0 Å². The minimum Gasteiger partial charge on any atom is -0.400 e. The first-order valence-electron chi connectivity index (χ1n) is 9.53. The van der Waals surface area contributed by atoms with Crippen LogP contribution in [0.1, 0.15) is 89.5 Å². The maximum atomic E-state index is 12.1. The van der Waals surface area contributed by atoms with E-state index in [0.717, 1.165) is 0 Å². The van der Waals surface area contributed by atoms with E-state index in [4.69, 9.17) is 5.73 Å². The van der Waals surface area contributed by atoms with Gasteiger partial charge in [0.15, 0.2) is 5.78 Å². The number of amides is 1. The van der Waals surface area contributed by atoms with Crippen molar-refractivity contribution in [1.82, 2.24) is 5.32 Å². The van der Waals surface area contributed by atoms with Gasteiger partial charge in [0.2, 0.25) is 0 Å². The average molecular weight is 363 g/mol. The molecule has 0 radical (unpaired) electrons. The molecule has 148 valence electrons. The van der Waals surface area contributed by atoms with Crippen LogP contribution in [0.2, 0.25) is 0 Å². The van der Waals surface area contributed by atoms with Gasteiger partial charge in [0.1, 0.15) is 0 Å². The number of carbonyl (C=O) groups is 2. The third-order valence-corrected chi connectivity index (χ3v) is 2.86. The van der Waals surface area contributed by atoms with Gasteiger partial charge in [0.05, 0.1) is 5.70 Å². The zero-order valence-corrected chi connectivity index (χ0v) is 18.1. The van der Waals surface area contributed by atoms with Crippen molar-refractivity contribution in [2.45, 2.75) is 68.7 Å². The third-order valence-electron chi connectivity index (χ3n) is 2.86. The van der Waals surface area contributed by atoms with E-state index >= 15 is 0 Å². The summed E-state index contributed by atoms with van der Waals surface area (Å²) in [6.07, 6.45) is 4.24. The second kappa shape index (κ2) is 19.0. The summed E-state index contributed by atoms with van der Waals surface area (Å²) in [5, 5.41) is 2.78. The number of hydrogen-bond acceptors (Lipinski definition) is 3. The lowest BCUT2D eigenvalue weighted by Gasteiger charge is -2.09. The van der Waals surface area contributed by atoms with Crippen LogP contribution in [0.4, 0.5) is 0 Å². The van der Waals surface area contributed by atoms with E-state index in [-0.39, 0.29) is 11.7 Å². The Morgan fingerprint density at radius 1 is 0.962 bits per heavy atom. The van der Waals surface area contributed by atoms with Crippen molar-refractivity contribution < 1.29 is 9.59 Å². The fraction of sp³-hybridized carbons (Fsp3) is 0.455. The van der Waals surface area contributed by atoms with Crippen LogP contribution in [-0.4, -0.2) is 11.7 Å². The minimum absolute atomic E-state index is 0.0262. The number of rotatable bonds is 5. The Bertz CT molecular complexity index is 556. The maximum Gasteiger partial charge on any atom is 0.255 e. The highest BCUT2D eigenvalue weighted by atomic mass is 16.1. The van der Waals surface area contributed by atoms with Crippen molar-refractivity contribution in [2.24, 2.45) is 5.73 Å². The molecule has 0 spiro atoms. The number of nitrogens with one attached hydrogen (secondary N) is 1. The highest BCUT2D eigenvalue weighted by Gasteiger charge is 2.09. The Hall–Kier alpha value is -2.36. The lowest BCUT2D eigenvalue weighted by atomic mass is 10.1. The van der Waals surface area contributed by atoms with E-state index in [1.807, 2.05) is 61.5 Å². The summed E-state index contributed by atoms with van der Waals surface area (Å²) < 4.78 is 0. The van der Waals surface area contributed by atoms with E-state index in [9.17, 15) is 9.59 Å². The zero-order chi connectivity index (χ0) is 21.1. The quantitative estimate of drug-likeness (QED) is 0.509. The van der Waals surface area contributed by atoms with Gasteiger partial charge in [-0.3, -0.25) is 9.59 Å². The predicted octanol–water partition coefficient (Wildman–Crippen LogP) is 5.85. The molecular weight excluding hydrogens is 324 g/mol. The van der Waals surface area contributed by atoms with Crippen LogP contribution in [-0.2, 0) is 0 Å². The third kappa shape index (κ3) is 11.2. The fourth-order valence-corrected chi connectivity index (χ4v) is 1.64. The molecule has 0 unspecified atom stereocenters. The highest BCUT2D eigenvalue weighted by Crippen LogP contribution is 2.08. The normalized spacial score (nSPS) is 10.0. The van der Waals surface area contributed by atoms with Crippen molar-refractivity contribution in [3.63, 3.8) is 0 Å². The van der Waals surface area contributed by atoms with E-state index in [1.54, 1.807) is 30.3 Å². The predicted molar refractivity (Wildman–Crippen MR) is 114 cm³/mol. The van der Waals surface area contributed by atoms with Crippen LogP contribution in [0.25, 0.3) is 0 Å². The molecule has 4 nitrogen and oxygen atoms in total. The summed E-state index contributed by atoms with van der Waals surface area (Å²) in [5.74, 6) is -0.272. The number of ketones is 1. The summed E-state index contributed by atoms with van der Waals surface area (Å²) in [4.78, 5) is 23.3. The molecule has 0 atom stereocenters. The number of nitrogens with two attached hydrogens (primary N) is 1. The Morgan fingerprint density at radius 3 is 1.73 bits per heavy atom. The molecule has 0 aliphatic rings. The SMILES string of the molecule is C/C=C\C(NC(=O)c1ccc(C(C)=O)cc1)=C(\N)CC.CC.CC.CC. The highest BCUT2D eigenvalue weighted by molar-refractivity contribution is 5.98. The second-order valence-corrected chi connectivity index (χ2v) is 4.38. The van der Waals surface area contributed by atoms with Gasteiger partial charge in [-0.1, -0.05) is 66.7 Å². The Morgan fingerprint density at radius 2 is 1.38 bits per heavy atom. The van der Waals surface area contributed by atoms with Gasteiger partial charge in [-0.15, -0.1) is 0 Å². The minimum atomic E-state index is -0.246. The van der Waals surface area contributed by atoms with E-state index in [2.05, 4.69) is 5.32 Å². The van der Waals surface area contributed by atoms with E-state index < -0.39 is 0 Å². The van der Waals surface area contributed by atoms with Crippen molar-refractivity contribution in [2.75, 3.05) is 0 Å². The molecule has 1 rings (SSSR count). The monoisotopic (exact) mass is 362 g/mol. The molecule has 0 bridgehead atoms. The van der Waals surface area contributed by atoms with Crippen LogP contribution in [0, 0.1) is 0 Å². The van der Waals surface area contributed by atoms with Gasteiger partial charge in [-0.2, -0.15) is 0 Å². The number of benzene rings is 1. The molecule has 0 heterocycles. The maximum absolute atomic E-state index is 12.1. The first kappa shape index (κ1) is 28.4. The van der Waals surface area contributed by atoms with Crippen LogP contribution in [0.15, 0.2) is 47.8 Å². The van der Waals surface area contributed by atoms with Crippen molar-refractivity contribution in [1.29, 1.82) is 0 Å². The zero-order valence-electron chi connectivity index (χ0n) is 18.1. The molecule has 1 aromatic carbocycles. The molecule has 0 aliphatic heterocycles. The van der Waals surface area contributed by atoms with Gasteiger partial charge in [0.25, 0.3) is 5.91 Å². The van der Waals surface area contributed by atoms with Gasteiger partial charge in [-0.05, 0) is 38.5 Å². The Kier molecular flexibility index (Phi) is 20.8. The number of carbonyl (C=O) groups excluding carboxylic acids is 2. The number of hydrogen-bond donors (Lipinski definition) is 2. The molecule has 1 aromatic rings. The average Bonchev–Trinajstić information content (AvgIpc) is 2.71. The number of allylic oxidation sites excluding steroid dienone is 3. The smallest absolute Gasteiger partial charge is 0.255 e. The summed E-state index contributed by atoms with van der Waals surface area (Å²) in [7, 11) is 0. The molecule has 1 amide bonds. The summed E-state index contributed by atoms with van der Waals surface area (Å²) in [6, 6.07) is 6.53. The van der Waals surface area contributed by atoms with Crippen LogP contribution < -0.4 is 11.1 Å². The summed E-state index contributed by atoms with van der Waals surface area (Å²) in [6.45, 7) is 17.3. The second-order valence-electron chi connectivity index (χ2n) is 4.38. The first-order chi connectivity index (χ1) is 12.5. The van der Waals surface area contributed by atoms with Crippen LogP contribution in [0.3, 0.4) is 0 Å². The summed E-state index contributed by atoms with van der Waals surface area (Å²) >= 11 is 0. The molecular formula is C22H38N2O2. The summed E-state index contributed by atoms with van der Waals surface area (Å²) in [5.41, 5.74) is 8.16. The van der Waals surface area contributed by atoms with E-state index in [0.29, 0.717) is 28.9 Å². The molecule has 0 aliphatic carbocycles. The molecule has 0 saturated heterocycles. The number of Topliss-reactive ketones (excluding diaryl/α,β-unsaturated/α-hetero) is 1. The van der Waals surface area contributed by atoms with Gasteiger partial charge >= 0.3 is 0 Å². The first-order valence-corrected chi connectivity index (χ1v) is 9.53. The standard InChI is InChI=1S/C16H20N2O2.3C2H6/c1-4-6-15(14(17)5-2)18-16(20)13-9-7-12(8-10-13)11(3)19;3*1-2/h4,6-10H,5,17H2,1-3H3,(H,18,20);3*1-2H3/b6-4-,15-14-;;;. The molecule has 4 heteroatoms. The molecule has 26 heavy (non-hydrogen) atoms. The van der Waals surface area contributed by atoms with Crippen molar-refractivity contribution in [3.05, 3.63) is 58.9 Å². The van der Waals surface area contributed by atoms with Gasteiger partial charge in [0, 0.05) is 16.8 Å². The topological polar surface area (TPSA) is 72.2 Å². The lowest BCUT2D eigenvalue weighted by Crippen LogP contribution is -2.24. The Labute approximate surface area is 160 Å². The van der Waals surface area contributed by atoms with E-state index in [1.165, 1.54) is 6.92 Å². The van der Waals surface area contributed by atoms with Crippen LogP contribution in [0.5, 0.6) is 0 Å². The van der Waals surface area contributed by atoms with Gasteiger partial charge in [-0.25, -0.2) is 0 Å². The molecule has 3 N–H and O–H groups in total. The van der Waals surface area contributed by atoms with Gasteiger partial charge < -0.3 is 11.1 Å². The lowest BCUT2D eigenvalue weighted by molar-refractivity contribution is 0.0963. The van der Waals surface area contributed by atoms with Crippen LogP contribution >= 0.6 is 0 Å². The largest absolute Gasteiger partial charge is 0.400 e. The Balaban J connectivity index is -0.000000795. The molecule has 0 saturated carbocycles. The van der Waals surface area contributed by atoms with Crippen molar-refractivity contribution >= 4 is 11.7 Å².